The maximum Gasteiger partial charge on any atom is 0.269 e. The van der Waals surface area contributed by atoms with Crippen molar-refractivity contribution in [1.29, 1.82) is 0 Å². The minimum absolute atomic E-state index is 0.0700. The smallest absolute Gasteiger partial charge is 0.269 e. The van der Waals surface area contributed by atoms with Crippen LogP contribution in [0.4, 0.5) is 0 Å². The second-order valence-electron chi connectivity index (χ2n) is 3.85. The molecule has 0 saturated heterocycles. The first-order chi connectivity index (χ1) is 8.08. The van der Waals surface area contributed by atoms with E-state index in [2.05, 4.69) is 10.9 Å². The van der Waals surface area contributed by atoms with Crippen molar-refractivity contribution in [3.05, 3.63) is 32.4 Å². The maximum absolute atomic E-state index is 11.7. The number of hydrogen-bond donors (Lipinski definition) is 2. The summed E-state index contributed by atoms with van der Waals surface area (Å²) in [5.74, 6) is -0.392. The van der Waals surface area contributed by atoms with Crippen molar-refractivity contribution in [1.82, 2.24) is 10.9 Å². The normalized spacial score (nSPS) is 14.2. The van der Waals surface area contributed by atoms with Gasteiger partial charge in [-0.3, -0.25) is 20.4 Å². The van der Waals surface area contributed by atoms with Crippen LogP contribution in [0, 0.1) is 9.49 Å². The molecular formula is C11H10ClIN2O2. The van der Waals surface area contributed by atoms with Crippen LogP contribution in [0.3, 0.4) is 0 Å². The summed E-state index contributed by atoms with van der Waals surface area (Å²) in [5, 5.41) is 0.601. The van der Waals surface area contributed by atoms with Crippen LogP contribution < -0.4 is 10.9 Å². The van der Waals surface area contributed by atoms with Crippen molar-refractivity contribution < 1.29 is 9.59 Å². The Hall–Kier alpha value is -0.820. The largest absolute Gasteiger partial charge is 0.273 e. The predicted octanol–water partition coefficient (Wildman–Crippen LogP) is 2.12. The van der Waals surface area contributed by atoms with Gasteiger partial charge >= 0.3 is 0 Å². The highest BCUT2D eigenvalue weighted by Gasteiger charge is 2.29. The van der Waals surface area contributed by atoms with Gasteiger partial charge in [0.25, 0.3) is 5.91 Å². The molecule has 1 aliphatic rings. The molecule has 0 aliphatic heterocycles. The van der Waals surface area contributed by atoms with Gasteiger partial charge in [-0.2, -0.15) is 0 Å². The molecular weight excluding hydrogens is 354 g/mol. The van der Waals surface area contributed by atoms with Gasteiger partial charge in [0.1, 0.15) is 0 Å². The Kier molecular flexibility index (Phi) is 3.88. The fourth-order valence-electron chi connectivity index (χ4n) is 1.28. The lowest BCUT2D eigenvalue weighted by molar-refractivity contribution is -0.123. The van der Waals surface area contributed by atoms with Crippen molar-refractivity contribution in [2.24, 2.45) is 5.92 Å². The van der Waals surface area contributed by atoms with Crippen LogP contribution >= 0.6 is 34.2 Å². The van der Waals surface area contributed by atoms with Crippen molar-refractivity contribution in [3.63, 3.8) is 0 Å². The van der Waals surface area contributed by atoms with E-state index >= 15 is 0 Å². The van der Waals surface area contributed by atoms with Crippen molar-refractivity contribution >= 4 is 46.0 Å². The maximum atomic E-state index is 11.7. The first-order valence-corrected chi connectivity index (χ1v) is 6.59. The van der Waals surface area contributed by atoms with E-state index in [1.165, 1.54) is 0 Å². The lowest BCUT2D eigenvalue weighted by Gasteiger charge is -2.07. The summed E-state index contributed by atoms with van der Waals surface area (Å²) in [5.41, 5.74) is 5.25. The first-order valence-electron chi connectivity index (χ1n) is 5.13. The number of hydrazine groups is 1. The molecule has 2 amide bonds. The Bertz CT molecular complexity index is 475. The minimum Gasteiger partial charge on any atom is -0.273 e. The van der Waals surface area contributed by atoms with Gasteiger partial charge in [0.2, 0.25) is 5.91 Å². The molecule has 0 aromatic heterocycles. The summed E-state index contributed by atoms with van der Waals surface area (Å²) in [4.78, 5) is 23.0. The van der Waals surface area contributed by atoms with Crippen LogP contribution in [0.15, 0.2) is 18.2 Å². The Morgan fingerprint density at radius 1 is 1.29 bits per heavy atom. The number of hydrogen-bond acceptors (Lipinski definition) is 2. The second kappa shape index (κ2) is 5.22. The average Bonchev–Trinajstić information content (AvgIpc) is 3.13. The van der Waals surface area contributed by atoms with E-state index in [0.29, 0.717) is 10.6 Å². The van der Waals surface area contributed by atoms with Gasteiger partial charge in [-0.05, 0) is 53.6 Å². The third kappa shape index (κ3) is 3.32. The van der Waals surface area contributed by atoms with Gasteiger partial charge < -0.3 is 0 Å². The molecule has 17 heavy (non-hydrogen) atoms. The molecule has 0 radical (unpaired) electrons. The van der Waals surface area contributed by atoms with E-state index in [-0.39, 0.29) is 17.7 Å². The number of amides is 2. The minimum atomic E-state index is -0.339. The van der Waals surface area contributed by atoms with Crippen LogP contribution in [0.25, 0.3) is 0 Å². The lowest BCUT2D eigenvalue weighted by Crippen LogP contribution is -2.42. The van der Waals surface area contributed by atoms with E-state index in [0.717, 1.165) is 16.4 Å². The van der Waals surface area contributed by atoms with Crippen LogP contribution in [-0.4, -0.2) is 11.8 Å². The standard InChI is InChI=1S/C11H10ClIN2O2/c12-8-4-3-7(5-9(8)13)11(17)15-14-10(16)6-1-2-6/h3-6H,1-2H2,(H,14,16)(H,15,17). The molecule has 90 valence electrons. The van der Waals surface area contributed by atoms with Gasteiger partial charge in [0.05, 0.1) is 5.02 Å². The lowest BCUT2D eigenvalue weighted by atomic mass is 10.2. The zero-order valence-corrected chi connectivity index (χ0v) is 11.7. The predicted molar refractivity (Wildman–Crippen MR) is 72.5 cm³/mol. The molecule has 1 fully saturated rings. The van der Waals surface area contributed by atoms with Crippen molar-refractivity contribution in [3.8, 4) is 0 Å². The molecule has 0 unspecified atom stereocenters. The quantitative estimate of drug-likeness (QED) is 0.624. The Morgan fingerprint density at radius 2 is 2.00 bits per heavy atom. The molecule has 0 atom stereocenters. The van der Waals surface area contributed by atoms with Gasteiger partial charge in [-0.15, -0.1) is 0 Å². The molecule has 1 aromatic carbocycles. The third-order valence-electron chi connectivity index (χ3n) is 2.43. The van der Waals surface area contributed by atoms with E-state index in [4.69, 9.17) is 11.6 Å². The number of carbonyl (C=O) groups is 2. The Morgan fingerprint density at radius 3 is 2.59 bits per heavy atom. The highest BCUT2D eigenvalue weighted by atomic mass is 127. The van der Waals surface area contributed by atoms with E-state index in [9.17, 15) is 9.59 Å². The van der Waals surface area contributed by atoms with E-state index in [1.807, 2.05) is 22.6 Å². The monoisotopic (exact) mass is 364 g/mol. The highest BCUT2D eigenvalue weighted by molar-refractivity contribution is 14.1. The average molecular weight is 365 g/mol. The Labute approximate surface area is 117 Å². The van der Waals surface area contributed by atoms with Crippen LogP contribution in [0.5, 0.6) is 0 Å². The molecule has 0 heterocycles. The van der Waals surface area contributed by atoms with Gasteiger partial charge in [0.15, 0.2) is 0 Å². The van der Waals surface area contributed by atoms with Crippen LogP contribution in [0.2, 0.25) is 5.02 Å². The zero-order valence-electron chi connectivity index (χ0n) is 8.80. The summed E-state index contributed by atoms with van der Waals surface area (Å²) in [6.45, 7) is 0. The molecule has 6 heteroatoms. The number of halogens is 2. The van der Waals surface area contributed by atoms with Crippen molar-refractivity contribution in [2.45, 2.75) is 12.8 Å². The molecule has 1 aromatic rings. The van der Waals surface area contributed by atoms with Gasteiger partial charge in [-0.1, -0.05) is 11.6 Å². The summed E-state index contributed by atoms with van der Waals surface area (Å²) in [7, 11) is 0. The molecule has 2 N–H and O–H groups in total. The van der Waals surface area contributed by atoms with E-state index in [1.54, 1.807) is 18.2 Å². The molecule has 4 nitrogen and oxygen atoms in total. The summed E-state index contributed by atoms with van der Waals surface area (Å²) >= 11 is 7.90. The third-order valence-corrected chi connectivity index (χ3v) is 3.97. The molecule has 1 saturated carbocycles. The van der Waals surface area contributed by atoms with Gasteiger partial charge in [0, 0.05) is 15.1 Å². The summed E-state index contributed by atoms with van der Waals surface area (Å²) in [6.07, 6.45) is 1.81. The summed E-state index contributed by atoms with van der Waals surface area (Å²) < 4.78 is 0.797. The fraction of sp³-hybridized carbons (Fsp3) is 0.273. The number of nitrogens with one attached hydrogen (secondary N) is 2. The molecule has 1 aliphatic carbocycles. The topological polar surface area (TPSA) is 58.2 Å². The first kappa shape index (κ1) is 12.6. The van der Waals surface area contributed by atoms with E-state index < -0.39 is 0 Å². The molecule has 2 rings (SSSR count). The number of rotatable bonds is 2. The second-order valence-corrected chi connectivity index (χ2v) is 5.42. The number of carbonyl (C=O) groups excluding carboxylic acids is 2. The fourth-order valence-corrected chi connectivity index (χ4v) is 1.91. The SMILES string of the molecule is O=C(NNC(=O)C1CC1)c1ccc(Cl)c(I)c1. The highest BCUT2D eigenvalue weighted by Crippen LogP contribution is 2.28. The molecule has 0 bridgehead atoms. The summed E-state index contributed by atoms with van der Waals surface area (Å²) in [6, 6.07) is 4.94. The number of benzene rings is 1. The van der Waals surface area contributed by atoms with Crippen LogP contribution in [0.1, 0.15) is 23.2 Å². The van der Waals surface area contributed by atoms with Crippen LogP contribution in [-0.2, 0) is 4.79 Å². The zero-order chi connectivity index (χ0) is 12.4. The Balaban J connectivity index is 1.94. The van der Waals surface area contributed by atoms with Crippen molar-refractivity contribution in [2.75, 3.05) is 0 Å². The van der Waals surface area contributed by atoms with Gasteiger partial charge in [-0.25, -0.2) is 0 Å². The molecule has 0 spiro atoms.